The standard InChI is InChI=1S/C22H28N4O2S/c1-2-3-4-17-5-7-18(8-6-17)21(27)26-15-19(16-26)24-10-12-25(13-11-24)22(28)20-23-9-14-29-20/h5-9,14,19H,2-4,10-13,15-16H2,1H3. The fourth-order valence-electron chi connectivity index (χ4n) is 3.98. The van der Waals surface area contributed by atoms with E-state index in [-0.39, 0.29) is 11.8 Å². The van der Waals surface area contributed by atoms with Crippen LogP contribution in [0.5, 0.6) is 0 Å². The van der Waals surface area contributed by atoms with Crippen LogP contribution in [0.25, 0.3) is 0 Å². The molecule has 0 radical (unpaired) electrons. The first kappa shape index (κ1) is 20.0. The number of carbonyl (C=O) groups is 2. The van der Waals surface area contributed by atoms with Gasteiger partial charge in [0.2, 0.25) is 0 Å². The summed E-state index contributed by atoms with van der Waals surface area (Å²) in [6.45, 7) is 6.90. The molecule has 1 aromatic heterocycles. The summed E-state index contributed by atoms with van der Waals surface area (Å²) in [6, 6.07) is 8.49. The van der Waals surface area contributed by atoms with Crippen molar-refractivity contribution in [1.29, 1.82) is 0 Å². The molecule has 0 N–H and O–H groups in total. The van der Waals surface area contributed by atoms with Gasteiger partial charge < -0.3 is 9.80 Å². The first-order chi connectivity index (χ1) is 14.2. The maximum atomic E-state index is 12.7. The summed E-state index contributed by atoms with van der Waals surface area (Å²) >= 11 is 1.39. The molecule has 0 saturated carbocycles. The van der Waals surface area contributed by atoms with Crippen LogP contribution >= 0.6 is 11.3 Å². The summed E-state index contributed by atoms with van der Waals surface area (Å²) in [5.41, 5.74) is 2.08. The lowest BCUT2D eigenvalue weighted by Gasteiger charge is -2.48. The molecule has 2 aliphatic rings. The number of rotatable bonds is 6. The predicted octanol–water partition coefficient (Wildman–Crippen LogP) is 2.77. The number of hydrogen-bond acceptors (Lipinski definition) is 5. The van der Waals surface area contributed by atoms with Crippen LogP contribution in [0.15, 0.2) is 35.8 Å². The quantitative estimate of drug-likeness (QED) is 0.732. The zero-order chi connectivity index (χ0) is 20.2. The number of carbonyl (C=O) groups excluding carboxylic acids is 2. The Hall–Kier alpha value is -2.25. The molecule has 2 amide bonds. The first-order valence-corrected chi connectivity index (χ1v) is 11.3. The van der Waals surface area contributed by atoms with Crippen LogP contribution in [0.2, 0.25) is 0 Å². The lowest BCUT2D eigenvalue weighted by molar-refractivity contribution is 0.00853. The van der Waals surface area contributed by atoms with E-state index in [1.165, 1.54) is 29.7 Å². The van der Waals surface area contributed by atoms with Crippen molar-refractivity contribution >= 4 is 23.2 Å². The first-order valence-electron chi connectivity index (χ1n) is 10.5. The Labute approximate surface area is 176 Å². The lowest BCUT2D eigenvalue weighted by Crippen LogP contribution is -2.64. The number of nitrogens with zero attached hydrogens (tertiary/aromatic N) is 4. The van der Waals surface area contributed by atoms with E-state index in [0.29, 0.717) is 11.0 Å². The normalized spacial score (nSPS) is 18.0. The molecule has 7 heteroatoms. The van der Waals surface area contributed by atoms with E-state index in [1.807, 2.05) is 27.3 Å². The molecule has 2 saturated heterocycles. The van der Waals surface area contributed by atoms with Gasteiger partial charge in [-0.05, 0) is 30.5 Å². The highest BCUT2D eigenvalue weighted by atomic mass is 32.1. The maximum Gasteiger partial charge on any atom is 0.282 e. The van der Waals surface area contributed by atoms with Crippen molar-refractivity contribution in [1.82, 2.24) is 19.7 Å². The summed E-state index contributed by atoms with van der Waals surface area (Å²) in [5.74, 6) is 0.160. The Bertz CT molecular complexity index is 823. The van der Waals surface area contributed by atoms with E-state index in [9.17, 15) is 9.59 Å². The third-order valence-electron chi connectivity index (χ3n) is 5.90. The van der Waals surface area contributed by atoms with Gasteiger partial charge >= 0.3 is 0 Å². The summed E-state index contributed by atoms with van der Waals surface area (Å²) in [4.78, 5) is 35.4. The number of amides is 2. The summed E-state index contributed by atoms with van der Waals surface area (Å²) in [5, 5.41) is 2.40. The SMILES string of the molecule is CCCCc1ccc(C(=O)N2CC(N3CCN(C(=O)c4nccs4)CC3)C2)cc1. The Morgan fingerprint density at radius 2 is 1.76 bits per heavy atom. The van der Waals surface area contributed by atoms with E-state index in [2.05, 4.69) is 28.9 Å². The molecule has 3 heterocycles. The van der Waals surface area contributed by atoms with Crippen molar-refractivity contribution < 1.29 is 9.59 Å². The summed E-state index contributed by atoms with van der Waals surface area (Å²) < 4.78 is 0. The number of aromatic nitrogens is 1. The molecule has 154 valence electrons. The van der Waals surface area contributed by atoms with Gasteiger partial charge in [0, 0.05) is 62.5 Å². The number of piperazine rings is 1. The van der Waals surface area contributed by atoms with Gasteiger partial charge in [-0.3, -0.25) is 14.5 Å². The van der Waals surface area contributed by atoms with Crippen LogP contribution in [-0.4, -0.2) is 76.8 Å². The van der Waals surface area contributed by atoms with Crippen molar-refractivity contribution in [3.8, 4) is 0 Å². The predicted molar refractivity (Wildman–Crippen MR) is 114 cm³/mol. The average Bonchev–Trinajstić information content (AvgIpc) is 3.26. The second-order valence-electron chi connectivity index (χ2n) is 7.83. The molecular weight excluding hydrogens is 384 g/mol. The van der Waals surface area contributed by atoms with E-state index in [4.69, 9.17) is 0 Å². The van der Waals surface area contributed by atoms with Gasteiger partial charge in [0.15, 0.2) is 5.01 Å². The number of thiazole rings is 1. The minimum atomic E-state index is 0.0347. The van der Waals surface area contributed by atoms with Crippen molar-refractivity contribution in [2.75, 3.05) is 39.3 Å². The summed E-state index contributed by atoms with van der Waals surface area (Å²) in [7, 11) is 0. The van der Waals surface area contributed by atoms with Crippen LogP contribution in [0.3, 0.4) is 0 Å². The van der Waals surface area contributed by atoms with Gasteiger partial charge in [0.05, 0.1) is 0 Å². The topological polar surface area (TPSA) is 56.8 Å². The fraction of sp³-hybridized carbons (Fsp3) is 0.500. The van der Waals surface area contributed by atoms with Crippen LogP contribution in [0, 0.1) is 0 Å². The van der Waals surface area contributed by atoms with Crippen LogP contribution < -0.4 is 0 Å². The Morgan fingerprint density at radius 3 is 2.38 bits per heavy atom. The summed E-state index contributed by atoms with van der Waals surface area (Å²) in [6.07, 6.45) is 5.12. The third kappa shape index (κ3) is 4.51. The van der Waals surface area contributed by atoms with E-state index in [0.717, 1.165) is 51.3 Å². The number of hydrogen-bond donors (Lipinski definition) is 0. The zero-order valence-electron chi connectivity index (χ0n) is 16.9. The van der Waals surface area contributed by atoms with E-state index >= 15 is 0 Å². The van der Waals surface area contributed by atoms with Gasteiger partial charge in [-0.1, -0.05) is 25.5 Å². The minimum absolute atomic E-state index is 0.0347. The second kappa shape index (κ2) is 9.05. The third-order valence-corrected chi connectivity index (χ3v) is 6.66. The number of benzene rings is 1. The highest BCUT2D eigenvalue weighted by Gasteiger charge is 2.37. The molecule has 0 spiro atoms. The average molecular weight is 413 g/mol. The van der Waals surface area contributed by atoms with Gasteiger partial charge in [-0.15, -0.1) is 11.3 Å². The minimum Gasteiger partial charge on any atom is -0.335 e. The number of unbranched alkanes of at least 4 members (excludes halogenated alkanes) is 1. The molecular formula is C22H28N4O2S. The van der Waals surface area contributed by atoms with Gasteiger partial charge in [-0.25, -0.2) is 4.98 Å². The Kier molecular flexibility index (Phi) is 6.25. The monoisotopic (exact) mass is 412 g/mol. The van der Waals surface area contributed by atoms with Gasteiger partial charge in [-0.2, -0.15) is 0 Å². The Balaban J connectivity index is 1.23. The Morgan fingerprint density at radius 1 is 1.03 bits per heavy atom. The second-order valence-corrected chi connectivity index (χ2v) is 8.72. The van der Waals surface area contributed by atoms with Crippen LogP contribution in [-0.2, 0) is 6.42 Å². The van der Waals surface area contributed by atoms with E-state index in [1.54, 1.807) is 6.20 Å². The molecule has 2 aromatic rings. The highest BCUT2D eigenvalue weighted by molar-refractivity contribution is 7.11. The molecule has 0 aliphatic carbocycles. The number of likely N-dealkylation sites (tertiary alicyclic amines) is 1. The largest absolute Gasteiger partial charge is 0.335 e. The molecule has 2 fully saturated rings. The lowest BCUT2D eigenvalue weighted by atomic mass is 10.0. The highest BCUT2D eigenvalue weighted by Crippen LogP contribution is 2.21. The molecule has 0 bridgehead atoms. The fourth-order valence-corrected chi connectivity index (χ4v) is 4.59. The van der Waals surface area contributed by atoms with Crippen molar-refractivity contribution in [3.05, 3.63) is 52.0 Å². The van der Waals surface area contributed by atoms with Crippen LogP contribution in [0.4, 0.5) is 0 Å². The van der Waals surface area contributed by atoms with Crippen LogP contribution in [0.1, 0.15) is 45.5 Å². The molecule has 0 unspecified atom stereocenters. The van der Waals surface area contributed by atoms with Crippen molar-refractivity contribution in [2.24, 2.45) is 0 Å². The molecule has 2 aliphatic heterocycles. The smallest absolute Gasteiger partial charge is 0.282 e. The van der Waals surface area contributed by atoms with Gasteiger partial charge in [0.1, 0.15) is 0 Å². The van der Waals surface area contributed by atoms with E-state index < -0.39 is 0 Å². The molecule has 0 atom stereocenters. The maximum absolute atomic E-state index is 12.7. The van der Waals surface area contributed by atoms with Gasteiger partial charge in [0.25, 0.3) is 11.8 Å². The molecule has 4 rings (SSSR count). The number of aryl methyl sites for hydroxylation is 1. The zero-order valence-corrected chi connectivity index (χ0v) is 17.7. The molecule has 29 heavy (non-hydrogen) atoms. The molecule has 6 nitrogen and oxygen atoms in total. The molecule has 1 aromatic carbocycles. The van der Waals surface area contributed by atoms with Crippen molar-refractivity contribution in [2.45, 2.75) is 32.2 Å². The van der Waals surface area contributed by atoms with Crippen molar-refractivity contribution in [3.63, 3.8) is 0 Å².